The molecule has 13 heteroatoms. The Morgan fingerprint density at radius 2 is 1.06 bits per heavy atom. The predicted molar refractivity (Wildman–Crippen MR) is 252 cm³/mol. The molecule has 6 atom stereocenters. The van der Waals surface area contributed by atoms with Crippen LogP contribution in [-0.4, -0.2) is 96.0 Å². The van der Waals surface area contributed by atoms with Crippen LogP contribution < -0.4 is 0 Å². The van der Waals surface area contributed by atoms with Crippen LogP contribution in [-0.2, 0) is 38.7 Å². The summed E-state index contributed by atoms with van der Waals surface area (Å²) in [5, 5.41) is 30.9. The van der Waals surface area contributed by atoms with Gasteiger partial charge in [-0.2, -0.15) is 8.42 Å². The van der Waals surface area contributed by atoms with E-state index in [0.29, 0.717) is 12.8 Å². The summed E-state index contributed by atoms with van der Waals surface area (Å²) in [6.45, 7) is 3.57. The average Bonchev–Trinajstić information content (AvgIpc) is 3.25. The van der Waals surface area contributed by atoms with Crippen LogP contribution in [0.4, 0.5) is 0 Å². The first kappa shape index (κ1) is 58.1. The summed E-state index contributed by atoms with van der Waals surface area (Å²) >= 11 is 0. The van der Waals surface area contributed by atoms with Gasteiger partial charge in [-0.1, -0.05) is 170 Å². The number of esters is 2. The maximum absolute atomic E-state index is 12.8. The first-order chi connectivity index (χ1) is 30.5. The van der Waals surface area contributed by atoms with Crippen molar-refractivity contribution in [3.63, 3.8) is 0 Å². The molecule has 1 fully saturated rings. The second-order valence-electron chi connectivity index (χ2n) is 16.5. The Balaban J connectivity index is 2.40. The van der Waals surface area contributed by atoms with Crippen molar-refractivity contribution in [1.29, 1.82) is 0 Å². The Kier molecular flexibility index (Phi) is 36.4. The normalized spacial score (nSPS) is 20.4. The lowest BCUT2D eigenvalue weighted by Gasteiger charge is -2.40. The predicted octanol–water partition coefficient (Wildman–Crippen LogP) is 10.3. The maximum Gasteiger partial charge on any atom is 0.306 e. The highest BCUT2D eigenvalue weighted by Crippen LogP contribution is 2.24. The minimum absolute atomic E-state index is 0.113. The van der Waals surface area contributed by atoms with Gasteiger partial charge in [-0.15, -0.1) is 0 Å². The third-order valence-corrected chi connectivity index (χ3v) is 11.4. The van der Waals surface area contributed by atoms with Crippen molar-refractivity contribution in [3.05, 3.63) is 72.9 Å². The van der Waals surface area contributed by atoms with E-state index in [2.05, 4.69) is 50.3 Å². The van der Waals surface area contributed by atoms with Gasteiger partial charge in [0, 0.05) is 12.8 Å². The second kappa shape index (κ2) is 39.5. The SMILES string of the molecule is CC/C=C/C=C/C=C/C=C/CCCCCC(=O)OC(COC(=O)CCCCCCCCC/C=C/C/C=C/CCCCCCCCCC)CO[C@H]1O[C@H](CS(=O)(=O)O)[C@@H](O)C(O)C1O. The third-order valence-electron chi connectivity index (χ3n) is 10.6. The molecule has 4 N–H and O–H groups in total. The average molecular weight is 909 g/mol. The summed E-state index contributed by atoms with van der Waals surface area (Å²) in [4.78, 5) is 25.4. The van der Waals surface area contributed by atoms with Crippen LogP contribution in [0, 0.1) is 0 Å². The van der Waals surface area contributed by atoms with Gasteiger partial charge in [0.1, 0.15) is 36.8 Å². The Bertz CT molecular complexity index is 1440. The zero-order valence-corrected chi connectivity index (χ0v) is 39.5. The minimum atomic E-state index is -4.61. The molecule has 362 valence electrons. The van der Waals surface area contributed by atoms with E-state index in [9.17, 15) is 37.9 Å². The second-order valence-corrected chi connectivity index (χ2v) is 18.0. The molecule has 1 heterocycles. The molecule has 0 radical (unpaired) electrons. The first-order valence-corrected chi connectivity index (χ1v) is 25.7. The molecule has 12 nitrogen and oxygen atoms in total. The summed E-state index contributed by atoms with van der Waals surface area (Å²) in [6.07, 6.45) is 41.0. The van der Waals surface area contributed by atoms with Gasteiger partial charge in [-0.25, -0.2) is 0 Å². The summed E-state index contributed by atoms with van der Waals surface area (Å²) in [7, 11) is -4.61. The Labute approximate surface area is 380 Å². The molecule has 1 saturated heterocycles. The molecule has 63 heavy (non-hydrogen) atoms. The summed E-state index contributed by atoms with van der Waals surface area (Å²) in [5.41, 5.74) is 0. The largest absolute Gasteiger partial charge is 0.462 e. The van der Waals surface area contributed by atoms with Crippen LogP contribution in [0.2, 0.25) is 0 Å². The number of hydrogen-bond donors (Lipinski definition) is 4. The molecule has 0 saturated carbocycles. The number of hydrogen-bond acceptors (Lipinski definition) is 11. The van der Waals surface area contributed by atoms with E-state index in [1.165, 1.54) is 70.6 Å². The number of aliphatic hydroxyl groups is 3. The standard InChI is InChI=1S/C50H84O12S/c1-3-5-7-9-11-13-15-17-18-19-20-21-22-23-24-25-27-28-30-32-34-36-38-45(51)59-40-43(41-60-50-49(55)48(54)47(53)44(62-50)42-63(56,57)58)61-46(52)39-37-35-33-31-29-26-16-14-12-10-8-6-4-2/h6,8,10,12,14,16,19-20,22-23,26,29,43-44,47-50,53-55H,3-5,7,9,11,13,15,17-18,21,24-25,27-28,30-42H2,1-2H3,(H,56,57,58)/b8-6+,12-10+,16-14+,20-19+,23-22+,29-26+/t43?,44-,47-,48?,49?,50+/m1/s1. The molecule has 3 unspecified atom stereocenters. The van der Waals surface area contributed by atoms with Gasteiger partial charge in [0.05, 0.1) is 6.61 Å². The van der Waals surface area contributed by atoms with E-state index in [0.717, 1.165) is 64.2 Å². The molecule has 0 spiro atoms. The van der Waals surface area contributed by atoms with Gasteiger partial charge >= 0.3 is 11.9 Å². The van der Waals surface area contributed by atoms with Gasteiger partial charge in [0.15, 0.2) is 12.4 Å². The van der Waals surface area contributed by atoms with Crippen molar-refractivity contribution in [3.8, 4) is 0 Å². The van der Waals surface area contributed by atoms with E-state index >= 15 is 0 Å². The number of carbonyl (C=O) groups is 2. The number of rotatable bonds is 39. The van der Waals surface area contributed by atoms with Crippen molar-refractivity contribution in [1.82, 2.24) is 0 Å². The van der Waals surface area contributed by atoms with Crippen molar-refractivity contribution >= 4 is 22.1 Å². The molecule has 0 aromatic rings. The number of unbranched alkanes of at least 4 members (excludes halogenated alkanes) is 18. The molecule has 0 aliphatic carbocycles. The van der Waals surface area contributed by atoms with Crippen LogP contribution in [0.5, 0.6) is 0 Å². The lowest BCUT2D eigenvalue weighted by molar-refractivity contribution is -0.297. The van der Waals surface area contributed by atoms with Crippen LogP contribution in [0.15, 0.2) is 72.9 Å². The molecule has 0 aromatic carbocycles. The Morgan fingerprint density at radius 1 is 0.571 bits per heavy atom. The smallest absolute Gasteiger partial charge is 0.306 e. The van der Waals surface area contributed by atoms with Crippen LogP contribution in [0.3, 0.4) is 0 Å². The van der Waals surface area contributed by atoms with Gasteiger partial charge in [-0.05, 0) is 64.2 Å². The Hall–Kier alpha value is -2.91. The number of aliphatic hydroxyl groups excluding tert-OH is 3. The van der Waals surface area contributed by atoms with E-state index in [-0.39, 0.29) is 19.4 Å². The third kappa shape index (κ3) is 34.2. The number of allylic oxidation sites excluding steroid dienone is 12. The highest BCUT2D eigenvalue weighted by Gasteiger charge is 2.46. The fraction of sp³-hybridized carbons (Fsp3) is 0.720. The van der Waals surface area contributed by atoms with Crippen molar-refractivity contribution in [2.45, 2.75) is 211 Å². The highest BCUT2D eigenvalue weighted by molar-refractivity contribution is 7.85. The minimum Gasteiger partial charge on any atom is -0.462 e. The number of carbonyl (C=O) groups excluding carboxylic acids is 2. The van der Waals surface area contributed by atoms with Gasteiger partial charge in [0.2, 0.25) is 0 Å². The van der Waals surface area contributed by atoms with Crippen molar-refractivity contribution in [2.75, 3.05) is 19.0 Å². The molecular formula is C50H84O12S. The fourth-order valence-corrected chi connectivity index (χ4v) is 7.58. The van der Waals surface area contributed by atoms with Gasteiger partial charge in [0.25, 0.3) is 10.1 Å². The molecule has 1 aliphatic rings. The summed E-state index contributed by atoms with van der Waals surface area (Å²) in [6, 6.07) is 0. The van der Waals surface area contributed by atoms with E-state index in [1.54, 1.807) is 0 Å². The molecule has 1 rings (SSSR count). The van der Waals surface area contributed by atoms with Crippen molar-refractivity contribution in [2.24, 2.45) is 0 Å². The van der Waals surface area contributed by atoms with Crippen molar-refractivity contribution < 1.29 is 56.8 Å². The van der Waals surface area contributed by atoms with Crippen LogP contribution in [0.25, 0.3) is 0 Å². The molecule has 0 bridgehead atoms. The molecule has 1 aliphatic heterocycles. The maximum atomic E-state index is 12.8. The quantitative estimate of drug-likeness (QED) is 0.0151. The fourth-order valence-electron chi connectivity index (χ4n) is 6.89. The topological polar surface area (TPSA) is 186 Å². The zero-order valence-electron chi connectivity index (χ0n) is 38.7. The molecular weight excluding hydrogens is 825 g/mol. The summed E-state index contributed by atoms with van der Waals surface area (Å²) in [5.74, 6) is -2.05. The van der Waals surface area contributed by atoms with E-state index in [1.807, 2.05) is 36.5 Å². The molecule has 0 aromatic heterocycles. The lowest BCUT2D eigenvalue weighted by atomic mass is 10.00. The van der Waals surface area contributed by atoms with Gasteiger partial charge in [-0.3, -0.25) is 14.1 Å². The van der Waals surface area contributed by atoms with Crippen LogP contribution in [0.1, 0.15) is 174 Å². The van der Waals surface area contributed by atoms with Crippen LogP contribution >= 0.6 is 0 Å². The monoisotopic (exact) mass is 909 g/mol. The lowest BCUT2D eigenvalue weighted by Crippen LogP contribution is -2.60. The first-order valence-electron chi connectivity index (χ1n) is 24.0. The zero-order chi connectivity index (χ0) is 46.2. The molecule has 0 amide bonds. The summed E-state index contributed by atoms with van der Waals surface area (Å²) < 4.78 is 54.0. The highest BCUT2D eigenvalue weighted by atomic mass is 32.2. The van der Waals surface area contributed by atoms with E-state index in [4.69, 9.17) is 18.9 Å². The number of ether oxygens (including phenoxy) is 4. The van der Waals surface area contributed by atoms with E-state index < -0.39 is 71.2 Å². The van der Waals surface area contributed by atoms with Gasteiger partial charge < -0.3 is 34.3 Å². The Morgan fingerprint density at radius 3 is 1.63 bits per heavy atom.